The number of anilines is 1. The lowest BCUT2D eigenvalue weighted by atomic mass is 10.1. The van der Waals surface area contributed by atoms with Gasteiger partial charge in [-0.3, -0.25) is 9.59 Å². The summed E-state index contributed by atoms with van der Waals surface area (Å²) in [5, 5.41) is 3.33. The van der Waals surface area contributed by atoms with Crippen molar-refractivity contribution in [3.05, 3.63) is 75.4 Å². The highest BCUT2D eigenvalue weighted by molar-refractivity contribution is 6.31. The van der Waals surface area contributed by atoms with Gasteiger partial charge in [0.05, 0.1) is 5.02 Å². The van der Waals surface area contributed by atoms with Crippen molar-refractivity contribution in [1.29, 1.82) is 0 Å². The second-order valence-corrected chi connectivity index (χ2v) is 6.17. The number of rotatable bonds is 4. The van der Waals surface area contributed by atoms with Crippen molar-refractivity contribution in [1.82, 2.24) is 4.98 Å². The SMILES string of the molecule is C[C@H](OC(=O)c1cc2ccccc2c(=O)[nH]1)C(=O)Nc1ccc(F)c(Cl)c1. The fraction of sp³-hybridized carbons (Fsp3) is 0.105. The number of nitrogens with one attached hydrogen (secondary N) is 2. The lowest BCUT2D eigenvalue weighted by Crippen LogP contribution is -2.30. The minimum Gasteiger partial charge on any atom is -0.448 e. The van der Waals surface area contributed by atoms with Gasteiger partial charge in [0.1, 0.15) is 11.5 Å². The number of hydrogen-bond donors (Lipinski definition) is 2. The predicted molar refractivity (Wildman–Crippen MR) is 99.5 cm³/mol. The van der Waals surface area contributed by atoms with Crippen molar-refractivity contribution in [2.45, 2.75) is 13.0 Å². The number of H-pyrrole nitrogens is 1. The summed E-state index contributed by atoms with van der Waals surface area (Å²) in [5.74, 6) is -2.10. The van der Waals surface area contributed by atoms with Crippen LogP contribution in [0.2, 0.25) is 5.02 Å². The summed E-state index contributed by atoms with van der Waals surface area (Å²) in [6.45, 7) is 1.37. The van der Waals surface area contributed by atoms with Crippen LogP contribution in [0.1, 0.15) is 17.4 Å². The maximum atomic E-state index is 13.2. The fourth-order valence-electron chi connectivity index (χ4n) is 2.42. The molecular weight excluding hydrogens is 375 g/mol. The van der Waals surface area contributed by atoms with Gasteiger partial charge in [0.15, 0.2) is 6.10 Å². The number of carbonyl (C=O) groups is 2. The molecule has 0 saturated carbocycles. The highest BCUT2D eigenvalue weighted by atomic mass is 35.5. The van der Waals surface area contributed by atoms with Crippen LogP contribution in [0.5, 0.6) is 0 Å². The number of aromatic amines is 1. The Morgan fingerprint density at radius 1 is 1.19 bits per heavy atom. The normalized spacial score (nSPS) is 11.8. The van der Waals surface area contributed by atoms with Gasteiger partial charge >= 0.3 is 5.97 Å². The zero-order valence-corrected chi connectivity index (χ0v) is 14.8. The number of benzene rings is 2. The van der Waals surface area contributed by atoms with Crippen LogP contribution < -0.4 is 10.9 Å². The lowest BCUT2D eigenvalue weighted by Gasteiger charge is -2.14. The monoisotopic (exact) mass is 388 g/mol. The minimum atomic E-state index is -1.16. The van der Waals surface area contributed by atoms with Crippen LogP contribution in [0.3, 0.4) is 0 Å². The van der Waals surface area contributed by atoms with Crippen LogP contribution in [0.4, 0.5) is 10.1 Å². The molecule has 1 heterocycles. The average molecular weight is 389 g/mol. The zero-order chi connectivity index (χ0) is 19.6. The summed E-state index contributed by atoms with van der Waals surface area (Å²) in [5.41, 5.74) is -0.241. The second-order valence-electron chi connectivity index (χ2n) is 5.77. The van der Waals surface area contributed by atoms with Crippen molar-refractivity contribution in [2.75, 3.05) is 5.32 Å². The first-order valence-corrected chi connectivity index (χ1v) is 8.32. The molecule has 27 heavy (non-hydrogen) atoms. The van der Waals surface area contributed by atoms with Crippen molar-refractivity contribution >= 4 is 39.9 Å². The minimum absolute atomic E-state index is 0.0665. The third kappa shape index (κ3) is 4.15. The van der Waals surface area contributed by atoms with E-state index in [0.29, 0.717) is 10.8 Å². The Balaban J connectivity index is 1.72. The number of carbonyl (C=O) groups excluding carboxylic acids is 2. The van der Waals surface area contributed by atoms with Crippen LogP contribution in [-0.2, 0) is 9.53 Å². The molecule has 0 fully saturated rings. The molecule has 0 aliphatic carbocycles. The topological polar surface area (TPSA) is 88.3 Å². The molecule has 6 nitrogen and oxygen atoms in total. The molecule has 0 radical (unpaired) electrons. The predicted octanol–water partition coefficient (Wildman–Crippen LogP) is 3.50. The number of fused-ring (bicyclic) bond motifs is 1. The molecule has 138 valence electrons. The molecule has 8 heteroatoms. The van der Waals surface area contributed by atoms with Crippen molar-refractivity contribution in [2.24, 2.45) is 0 Å². The van der Waals surface area contributed by atoms with Crippen molar-refractivity contribution < 1.29 is 18.7 Å². The van der Waals surface area contributed by atoms with E-state index in [9.17, 15) is 18.8 Å². The van der Waals surface area contributed by atoms with E-state index in [4.69, 9.17) is 16.3 Å². The van der Waals surface area contributed by atoms with Crippen LogP contribution >= 0.6 is 11.6 Å². The highest BCUT2D eigenvalue weighted by Crippen LogP contribution is 2.19. The Bertz CT molecular complexity index is 1100. The Morgan fingerprint density at radius 3 is 2.67 bits per heavy atom. The standard InChI is InChI=1S/C19H14ClFN2O4/c1-10(17(24)22-12-6-7-15(21)14(20)9-12)27-19(26)16-8-11-4-2-3-5-13(11)18(25)23-16/h2-10H,1H3,(H,22,24)(H,23,25)/t10-/m0/s1. The van der Waals surface area contributed by atoms with Gasteiger partial charge in [0.25, 0.3) is 11.5 Å². The summed E-state index contributed by atoms with van der Waals surface area (Å²) in [6.07, 6.45) is -1.16. The summed E-state index contributed by atoms with van der Waals surface area (Å²) in [4.78, 5) is 38.9. The molecule has 1 aromatic heterocycles. The molecule has 1 amide bonds. The number of hydrogen-bond acceptors (Lipinski definition) is 4. The molecule has 2 N–H and O–H groups in total. The smallest absolute Gasteiger partial charge is 0.355 e. The van der Waals surface area contributed by atoms with E-state index in [0.717, 1.165) is 6.07 Å². The Hall–Kier alpha value is -3.19. The Morgan fingerprint density at radius 2 is 1.93 bits per heavy atom. The average Bonchev–Trinajstić information content (AvgIpc) is 2.64. The van der Waals surface area contributed by atoms with Crippen molar-refractivity contribution in [3.63, 3.8) is 0 Å². The molecular formula is C19H14ClFN2O4. The summed E-state index contributed by atoms with van der Waals surface area (Å²) >= 11 is 5.66. The van der Waals surface area contributed by atoms with E-state index in [1.165, 1.54) is 25.1 Å². The molecule has 3 rings (SSSR count). The van der Waals surface area contributed by atoms with Gasteiger partial charge in [-0.05, 0) is 42.6 Å². The summed E-state index contributed by atoms with van der Waals surface area (Å²) in [7, 11) is 0. The van der Waals surface area contributed by atoms with Gasteiger partial charge in [-0.1, -0.05) is 29.8 Å². The second kappa shape index (κ2) is 7.59. The molecule has 0 saturated heterocycles. The van der Waals surface area contributed by atoms with Crippen LogP contribution in [0.25, 0.3) is 10.8 Å². The van der Waals surface area contributed by atoms with E-state index >= 15 is 0 Å². The number of ether oxygens (including phenoxy) is 1. The van der Waals surface area contributed by atoms with Gasteiger partial charge in [0.2, 0.25) is 0 Å². The highest BCUT2D eigenvalue weighted by Gasteiger charge is 2.20. The van der Waals surface area contributed by atoms with Gasteiger partial charge < -0.3 is 15.0 Å². The molecule has 0 bridgehead atoms. The summed E-state index contributed by atoms with van der Waals surface area (Å²) in [6, 6.07) is 11.9. The molecule has 3 aromatic rings. The number of amides is 1. The van der Waals surface area contributed by atoms with E-state index in [2.05, 4.69) is 10.3 Å². The van der Waals surface area contributed by atoms with Crippen LogP contribution in [0.15, 0.2) is 53.3 Å². The molecule has 0 unspecified atom stereocenters. The first-order valence-electron chi connectivity index (χ1n) is 7.94. The van der Waals surface area contributed by atoms with Crippen LogP contribution in [0, 0.1) is 5.82 Å². The largest absolute Gasteiger partial charge is 0.448 e. The first-order chi connectivity index (χ1) is 12.8. The zero-order valence-electron chi connectivity index (χ0n) is 14.1. The van der Waals surface area contributed by atoms with E-state index < -0.39 is 29.4 Å². The third-order valence-corrected chi connectivity index (χ3v) is 4.10. The fourth-order valence-corrected chi connectivity index (χ4v) is 2.60. The van der Waals surface area contributed by atoms with Gasteiger partial charge in [-0.25, -0.2) is 9.18 Å². The summed E-state index contributed by atoms with van der Waals surface area (Å²) < 4.78 is 18.3. The quantitative estimate of drug-likeness (QED) is 0.669. The third-order valence-electron chi connectivity index (χ3n) is 3.81. The van der Waals surface area contributed by atoms with Gasteiger partial charge in [-0.15, -0.1) is 0 Å². The first kappa shape index (κ1) is 18.6. The number of halogens is 2. The Labute approximate surface area is 157 Å². The number of esters is 1. The van der Waals surface area contributed by atoms with Crippen LogP contribution in [-0.4, -0.2) is 23.0 Å². The van der Waals surface area contributed by atoms with E-state index in [1.807, 2.05) is 0 Å². The molecule has 0 aliphatic rings. The maximum absolute atomic E-state index is 13.2. The number of aromatic nitrogens is 1. The lowest BCUT2D eigenvalue weighted by molar-refractivity contribution is -0.123. The molecule has 1 atom stereocenters. The molecule has 0 aliphatic heterocycles. The van der Waals surface area contributed by atoms with E-state index in [1.54, 1.807) is 24.3 Å². The molecule has 2 aromatic carbocycles. The Kier molecular flexibility index (Phi) is 5.23. The van der Waals surface area contributed by atoms with Gasteiger partial charge in [0, 0.05) is 11.1 Å². The van der Waals surface area contributed by atoms with E-state index in [-0.39, 0.29) is 16.4 Å². The molecule has 0 spiro atoms. The maximum Gasteiger partial charge on any atom is 0.355 e. The number of pyridine rings is 1. The van der Waals surface area contributed by atoms with Gasteiger partial charge in [-0.2, -0.15) is 0 Å². The van der Waals surface area contributed by atoms with Crippen molar-refractivity contribution in [3.8, 4) is 0 Å².